The predicted octanol–water partition coefficient (Wildman–Crippen LogP) is 4.74. The van der Waals surface area contributed by atoms with Crippen LogP contribution in [0.2, 0.25) is 5.02 Å². The number of oxazole rings is 1. The van der Waals surface area contributed by atoms with Crippen molar-refractivity contribution in [3.8, 4) is 11.5 Å². The lowest BCUT2D eigenvalue weighted by molar-refractivity contribution is 0.556. The summed E-state index contributed by atoms with van der Waals surface area (Å²) in [5.41, 5.74) is 1.81. The van der Waals surface area contributed by atoms with Crippen molar-refractivity contribution in [3.63, 3.8) is 0 Å². The molecular formula is C20H19ClN2O3S. The molecule has 3 aromatic rings. The Morgan fingerprint density at radius 2 is 1.78 bits per heavy atom. The van der Waals surface area contributed by atoms with E-state index in [4.69, 9.17) is 16.0 Å². The average Bonchev–Trinajstić information content (AvgIpc) is 3.32. The van der Waals surface area contributed by atoms with Crippen LogP contribution in [0.4, 0.5) is 5.88 Å². The zero-order valence-corrected chi connectivity index (χ0v) is 16.4. The lowest BCUT2D eigenvalue weighted by atomic mass is 10.1. The van der Waals surface area contributed by atoms with Crippen LogP contribution in [0.5, 0.6) is 0 Å². The van der Waals surface area contributed by atoms with Gasteiger partial charge in [-0.1, -0.05) is 29.3 Å². The molecule has 140 valence electrons. The van der Waals surface area contributed by atoms with Crippen LogP contribution < -0.4 is 4.90 Å². The number of hydrogen-bond acceptors (Lipinski definition) is 5. The summed E-state index contributed by atoms with van der Waals surface area (Å²) in [7, 11) is -3.83. The van der Waals surface area contributed by atoms with Gasteiger partial charge in [0.1, 0.15) is 0 Å². The van der Waals surface area contributed by atoms with Gasteiger partial charge in [-0.3, -0.25) is 0 Å². The fourth-order valence-corrected chi connectivity index (χ4v) is 4.67. The second kappa shape index (κ2) is 7.02. The molecule has 1 fully saturated rings. The van der Waals surface area contributed by atoms with Gasteiger partial charge in [0, 0.05) is 23.7 Å². The van der Waals surface area contributed by atoms with Crippen molar-refractivity contribution in [2.24, 2.45) is 0 Å². The molecule has 0 radical (unpaired) electrons. The van der Waals surface area contributed by atoms with Crippen molar-refractivity contribution in [3.05, 3.63) is 59.1 Å². The number of rotatable bonds is 4. The van der Waals surface area contributed by atoms with E-state index in [1.54, 1.807) is 12.1 Å². The van der Waals surface area contributed by atoms with Crippen molar-refractivity contribution in [2.45, 2.75) is 29.7 Å². The third-order valence-corrected chi connectivity index (χ3v) is 6.54. The van der Waals surface area contributed by atoms with E-state index in [2.05, 4.69) is 4.98 Å². The van der Waals surface area contributed by atoms with Crippen LogP contribution >= 0.6 is 11.6 Å². The molecule has 0 atom stereocenters. The van der Waals surface area contributed by atoms with Gasteiger partial charge in [-0.2, -0.15) is 4.98 Å². The van der Waals surface area contributed by atoms with Crippen LogP contribution in [-0.4, -0.2) is 26.5 Å². The Labute approximate surface area is 163 Å². The van der Waals surface area contributed by atoms with Crippen molar-refractivity contribution < 1.29 is 12.8 Å². The fourth-order valence-electron chi connectivity index (χ4n) is 3.22. The van der Waals surface area contributed by atoms with E-state index >= 15 is 0 Å². The van der Waals surface area contributed by atoms with Gasteiger partial charge in [-0.25, -0.2) is 8.42 Å². The molecule has 1 aliphatic heterocycles. The monoisotopic (exact) mass is 402 g/mol. The molecule has 2 heterocycles. The summed E-state index contributed by atoms with van der Waals surface area (Å²) in [6.45, 7) is 3.48. The molecule has 0 amide bonds. The summed E-state index contributed by atoms with van der Waals surface area (Å²) in [6, 6.07) is 13.8. The van der Waals surface area contributed by atoms with Crippen LogP contribution in [0.15, 0.2) is 62.9 Å². The van der Waals surface area contributed by atoms with Crippen LogP contribution in [0, 0.1) is 6.92 Å². The smallest absolute Gasteiger partial charge is 0.236 e. The molecule has 5 nitrogen and oxygen atoms in total. The number of aromatic nitrogens is 1. The lowest BCUT2D eigenvalue weighted by Gasteiger charge is -2.14. The Hall–Kier alpha value is -2.31. The average molecular weight is 403 g/mol. The molecule has 27 heavy (non-hydrogen) atoms. The van der Waals surface area contributed by atoms with E-state index in [-0.39, 0.29) is 9.92 Å². The third kappa shape index (κ3) is 3.47. The van der Waals surface area contributed by atoms with Crippen LogP contribution in [0.1, 0.15) is 18.4 Å². The highest BCUT2D eigenvalue weighted by Gasteiger charge is 2.32. The van der Waals surface area contributed by atoms with E-state index < -0.39 is 9.84 Å². The summed E-state index contributed by atoms with van der Waals surface area (Å²) in [4.78, 5) is 6.51. The van der Waals surface area contributed by atoms with Crippen molar-refractivity contribution in [1.29, 1.82) is 0 Å². The highest BCUT2D eigenvalue weighted by molar-refractivity contribution is 7.91. The molecule has 1 aromatic heterocycles. The van der Waals surface area contributed by atoms with Gasteiger partial charge in [0.25, 0.3) is 0 Å². The minimum Gasteiger partial charge on any atom is -0.419 e. The number of sulfone groups is 1. The maximum atomic E-state index is 13.2. The van der Waals surface area contributed by atoms with E-state index in [0.29, 0.717) is 16.8 Å². The van der Waals surface area contributed by atoms with Gasteiger partial charge in [0.2, 0.25) is 26.6 Å². The van der Waals surface area contributed by atoms with E-state index in [1.165, 1.54) is 12.1 Å². The minimum absolute atomic E-state index is 0.0387. The molecule has 0 saturated carbocycles. The van der Waals surface area contributed by atoms with Gasteiger partial charge < -0.3 is 9.32 Å². The number of halogens is 1. The first kappa shape index (κ1) is 18.1. The number of nitrogens with zero attached hydrogens (tertiary/aromatic N) is 2. The molecule has 1 saturated heterocycles. The molecule has 7 heteroatoms. The first-order valence-electron chi connectivity index (χ1n) is 8.78. The van der Waals surface area contributed by atoms with Crippen molar-refractivity contribution in [1.82, 2.24) is 4.98 Å². The van der Waals surface area contributed by atoms with Gasteiger partial charge in [-0.05, 0) is 56.2 Å². The summed E-state index contributed by atoms with van der Waals surface area (Å²) in [5, 5.41) is 0.442. The second-order valence-corrected chi connectivity index (χ2v) is 8.95. The van der Waals surface area contributed by atoms with Gasteiger partial charge in [0.15, 0.2) is 0 Å². The molecular weight excluding hydrogens is 384 g/mol. The Kier molecular flexibility index (Phi) is 4.70. The van der Waals surface area contributed by atoms with Crippen LogP contribution in [0.3, 0.4) is 0 Å². The molecule has 0 unspecified atom stereocenters. The topological polar surface area (TPSA) is 63.4 Å². The summed E-state index contributed by atoms with van der Waals surface area (Å²) in [5.74, 6) is 0.632. The summed E-state index contributed by atoms with van der Waals surface area (Å²) >= 11 is 5.90. The van der Waals surface area contributed by atoms with Crippen LogP contribution in [0.25, 0.3) is 11.5 Å². The van der Waals surface area contributed by atoms with E-state index in [0.717, 1.165) is 37.1 Å². The molecule has 0 bridgehead atoms. The summed E-state index contributed by atoms with van der Waals surface area (Å²) < 4.78 is 32.5. The summed E-state index contributed by atoms with van der Waals surface area (Å²) in [6.07, 6.45) is 2.00. The molecule has 0 aliphatic carbocycles. The molecule has 1 aliphatic rings. The highest BCUT2D eigenvalue weighted by atomic mass is 35.5. The minimum atomic E-state index is -3.83. The normalized spacial score (nSPS) is 14.7. The number of anilines is 1. The number of hydrogen-bond donors (Lipinski definition) is 0. The molecule has 0 spiro atoms. The quantitative estimate of drug-likeness (QED) is 0.630. The first-order chi connectivity index (χ1) is 12.9. The van der Waals surface area contributed by atoms with Crippen molar-refractivity contribution in [2.75, 3.05) is 18.0 Å². The standard InChI is InChI=1S/C20H19ClN2O3S/c1-14-5-4-6-15(13-14)18-22-19(20(26-18)23-11-2-3-12-23)27(24,25)17-9-7-16(21)8-10-17/h4-10,13H,2-3,11-12H2,1H3. The Morgan fingerprint density at radius 1 is 1.07 bits per heavy atom. The van der Waals surface area contributed by atoms with Crippen molar-refractivity contribution >= 4 is 27.3 Å². The molecule has 4 rings (SSSR count). The first-order valence-corrected chi connectivity index (χ1v) is 10.6. The maximum Gasteiger partial charge on any atom is 0.236 e. The third-order valence-electron chi connectivity index (χ3n) is 4.62. The molecule has 2 aromatic carbocycles. The zero-order chi connectivity index (χ0) is 19.0. The number of aryl methyl sites for hydroxylation is 1. The largest absolute Gasteiger partial charge is 0.419 e. The van der Waals surface area contributed by atoms with Gasteiger partial charge in [-0.15, -0.1) is 0 Å². The van der Waals surface area contributed by atoms with Gasteiger partial charge >= 0.3 is 0 Å². The zero-order valence-electron chi connectivity index (χ0n) is 14.9. The Balaban J connectivity index is 1.86. The Bertz CT molecular complexity index is 1070. The Morgan fingerprint density at radius 3 is 2.44 bits per heavy atom. The lowest BCUT2D eigenvalue weighted by Crippen LogP contribution is -2.19. The van der Waals surface area contributed by atoms with E-state index in [1.807, 2.05) is 36.1 Å². The maximum absolute atomic E-state index is 13.2. The van der Waals surface area contributed by atoms with E-state index in [9.17, 15) is 8.42 Å². The van der Waals surface area contributed by atoms with Gasteiger partial charge in [0.05, 0.1) is 4.90 Å². The fraction of sp³-hybridized carbons (Fsp3) is 0.250. The van der Waals surface area contributed by atoms with Crippen LogP contribution in [-0.2, 0) is 9.84 Å². The SMILES string of the molecule is Cc1cccc(-c2nc(S(=O)(=O)c3ccc(Cl)cc3)c(N3CCCC3)o2)c1. The number of benzene rings is 2. The molecule has 0 N–H and O–H groups in total. The second-order valence-electron chi connectivity index (χ2n) is 6.65. The highest BCUT2D eigenvalue weighted by Crippen LogP contribution is 2.36. The predicted molar refractivity (Wildman–Crippen MR) is 105 cm³/mol.